The van der Waals surface area contributed by atoms with Crippen molar-refractivity contribution in [3.8, 4) is 0 Å². The van der Waals surface area contributed by atoms with E-state index in [1.165, 1.54) is 7.11 Å². The topological polar surface area (TPSA) is 49.8 Å². The maximum Gasteiger partial charge on any atom is 0.409 e. The molecule has 1 N–H and O–H groups in total. The SMILES string of the molecule is COC(=O)N1CCCCC1C(O)C1CC1. The van der Waals surface area contributed by atoms with Gasteiger partial charge >= 0.3 is 6.09 Å². The highest BCUT2D eigenvalue weighted by atomic mass is 16.5. The van der Waals surface area contributed by atoms with E-state index in [1.54, 1.807) is 4.90 Å². The molecule has 1 aliphatic carbocycles. The molecule has 4 nitrogen and oxygen atoms in total. The Morgan fingerprint density at radius 1 is 1.40 bits per heavy atom. The Balaban J connectivity index is 2.01. The molecule has 1 heterocycles. The van der Waals surface area contributed by atoms with Gasteiger partial charge in [-0.2, -0.15) is 0 Å². The molecule has 4 heteroatoms. The summed E-state index contributed by atoms with van der Waals surface area (Å²) in [4.78, 5) is 13.2. The van der Waals surface area contributed by atoms with Crippen molar-refractivity contribution in [2.75, 3.05) is 13.7 Å². The first-order valence-electron chi connectivity index (χ1n) is 5.76. The van der Waals surface area contributed by atoms with Gasteiger partial charge in [0.25, 0.3) is 0 Å². The lowest BCUT2D eigenvalue weighted by Gasteiger charge is -2.37. The normalized spacial score (nSPS) is 28.7. The number of piperidine rings is 1. The van der Waals surface area contributed by atoms with Crippen LogP contribution >= 0.6 is 0 Å². The molecule has 2 atom stereocenters. The summed E-state index contributed by atoms with van der Waals surface area (Å²) in [6.45, 7) is 0.723. The number of likely N-dealkylation sites (tertiary alicyclic amines) is 1. The fourth-order valence-corrected chi connectivity index (χ4v) is 2.41. The average Bonchev–Trinajstić information content (AvgIpc) is 3.11. The van der Waals surface area contributed by atoms with Crippen LogP contribution in [0.3, 0.4) is 0 Å². The van der Waals surface area contributed by atoms with Gasteiger partial charge in [0, 0.05) is 6.54 Å². The fourth-order valence-electron chi connectivity index (χ4n) is 2.41. The van der Waals surface area contributed by atoms with Gasteiger partial charge in [-0.25, -0.2) is 4.79 Å². The Kier molecular flexibility index (Phi) is 3.14. The average molecular weight is 213 g/mol. The second-order valence-electron chi connectivity index (χ2n) is 4.55. The molecule has 0 bridgehead atoms. The van der Waals surface area contributed by atoms with Gasteiger partial charge in [0.15, 0.2) is 0 Å². The van der Waals surface area contributed by atoms with Gasteiger partial charge in [0.05, 0.1) is 19.3 Å². The van der Waals surface area contributed by atoms with Crippen LogP contribution in [0.2, 0.25) is 0 Å². The first-order valence-corrected chi connectivity index (χ1v) is 5.76. The zero-order valence-electron chi connectivity index (χ0n) is 9.19. The largest absolute Gasteiger partial charge is 0.453 e. The van der Waals surface area contributed by atoms with Crippen LogP contribution in [0.15, 0.2) is 0 Å². The number of carbonyl (C=O) groups is 1. The van der Waals surface area contributed by atoms with E-state index >= 15 is 0 Å². The van der Waals surface area contributed by atoms with Crippen molar-refractivity contribution in [2.45, 2.75) is 44.2 Å². The summed E-state index contributed by atoms with van der Waals surface area (Å²) in [5, 5.41) is 10.1. The summed E-state index contributed by atoms with van der Waals surface area (Å²) in [6.07, 6.45) is 4.60. The minimum Gasteiger partial charge on any atom is -0.453 e. The molecule has 0 spiro atoms. The molecule has 1 saturated carbocycles. The van der Waals surface area contributed by atoms with Crippen LogP contribution in [-0.4, -0.2) is 41.9 Å². The number of carbonyl (C=O) groups excluding carboxylic acids is 1. The Morgan fingerprint density at radius 2 is 2.13 bits per heavy atom. The van der Waals surface area contributed by atoms with Crippen LogP contribution in [-0.2, 0) is 4.74 Å². The summed E-state index contributed by atoms with van der Waals surface area (Å²) in [5.41, 5.74) is 0. The number of methoxy groups -OCH3 is 1. The third-order valence-electron chi connectivity index (χ3n) is 3.46. The van der Waals surface area contributed by atoms with Crippen molar-refractivity contribution in [1.82, 2.24) is 4.90 Å². The van der Waals surface area contributed by atoms with Gasteiger partial charge in [-0.15, -0.1) is 0 Å². The van der Waals surface area contributed by atoms with Crippen LogP contribution in [0.5, 0.6) is 0 Å². The third kappa shape index (κ3) is 2.25. The van der Waals surface area contributed by atoms with Gasteiger partial charge in [-0.1, -0.05) is 0 Å². The second kappa shape index (κ2) is 4.39. The molecule has 0 radical (unpaired) electrons. The number of hydrogen-bond acceptors (Lipinski definition) is 3. The monoisotopic (exact) mass is 213 g/mol. The molecule has 86 valence electrons. The van der Waals surface area contributed by atoms with Crippen molar-refractivity contribution in [3.05, 3.63) is 0 Å². The molecule has 2 aliphatic rings. The van der Waals surface area contributed by atoms with Crippen LogP contribution in [0.4, 0.5) is 4.79 Å². The van der Waals surface area contributed by atoms with Crippen LogP contribution in [0.25, 0.3) is 0 Å². The van der Waals surface area contributed by atoms with E-state index in [9.17, 15) is 9.90 Å². The first-order chi connectivity index (χ1) is 7.24. The predicted octanol–water partition coefficient (Wildman–Crippen LogP) is 1.38. The van der Waals surface area contributed by atoms with Crippen LogP contribution in [0, 0.1) is 5.92 Å². The second-order valence-corrected chi connectivity index (χ2v) is 4.55. The Hall–Kier alpha value is -0.770. The summed E-state index contributed by atoms with van der Waals surface area (Å²) in [6, 6.07) is -0.0151. The van der Waals surface area contributed by atoms with E-state index < -0.39 is 0 Å². The zero-order chi connectivity index (χ0) is 10.8. The number of hydrogen-bond donors (Lipinski definition) is 1. The van der Waals surface area contributed by atoms with Gasteiger partial charge < -0.3 is 14.7 Å². The van der Waals surface area contributed by atoms with E-state index in [2.05, 4.69) is 0 Å². The fraction of sp³-hybridized carbons (Fsp3) is 0.909. The highest BCUT2D eigenvalue weighted by Crippen LogP contribution is 2.37. The molecule has 1 saturated heterocycles. The summed E-state index contributed by atoms with van der Waals surface area (Å²) < 4.78 is 4.75. The van der Waals surface area contributed by atoms with E-state index in [-0.39, 0.29) is 18.2 Å². The number of aliphatic hydroxyl groups excluding tert-OH is 1. The lowest BCUT2D eigenvalue weighted by Crippen LogP contribution is -2.50. The van der Waals surface area contributed by atoms with Crippen LogP contribution in [0.1, 0.15) is 32.1 Å². The number of rotatable bonds is 2. The van der Waals surface area contributed by atoms with Crippen molar-refractivity contribution in [1.29, 1.82) is 0 Å². The molecule has 2 fully saturated rings. The van der Waals surface area contributed by atoms with Gasteiger partial charge in [0.2, 0.25) is 0 Å². The standard InChI is InChI=1S/C11H19NO3/c1-15-11(14)12-7-3-2-4-9(12)10(13)8-5-6-8/h8-10,13H,2-7H2,1H3. The number of aliphatic hydroxyl groups is 1. The van der Waals surface area contributed by atoms with Crippen LogP contribution < -0.4 is 0 Å². The number of nitrogens with zero attached hydrogens (tertiary/aromatic N) is 1. The Morgan fingerprint density at radius 3 is 2.73 bits per heavy atom. The Bertz CT molecular complexity index is 240. The summed E-state index contributed by atoms with van der Waals surface area (Å²) >= 11 is 0. The predicted molar refractivity (Wildman–Crippen MR) is 55.5 cm³/mol. The van der Waals surface area contributed by atoms with Crippen molar-refractivity contribution in [2.24, 2.45) is 5.92 Å². The van der Waals surface area contributed by atoms with Gasteiger partial charge in [-0.05, 0) is 38.0 Å². The molecule has 2 rings (SSSR count). The summed E-state index contributed by atoms with van der Waals surface area (Å²) in [5.74, 6) is 0.417. The molecule has 1 amide bonds. The molecule has 0 aromatic rings. The summed E-state index contributed by atoms with van der Waals surface area (Å²) in [7, 11) is 1.40. The van der Waals surface area contributed by atoms with E-state index in [0.717, 1.165) is 38.6 Å². The van der Waals surface area contributed by atoms with E-state index in [0.29, 0.717) is 5.92 Å². The maximum atomic E-state index is 11.5. The molecular weight excluding hydrogens is 194 g/mol. The maximum absolute atomic E-state index is 11.5. The highest BCUT2D eigenvalue weighted by Gasteiger charge is 2.40. The molecular formula is C11H19NO3. The van der Waals surface area contributed by atoms with E-state index in [1.807, 2.05) is 0 Å². The molecule has 0 aromatic carbocycles. The lowest BCUT2D eigenvalue weighted by atomic mass is 9.95. The quantitative estimate of drug-likeness (QED) is 0.754. The van der Waals surface area contributed by atoms with Gasteiger partial charge in [0.1, 0.15) is 0 Å². The Labute approximate surface area is 90.2 Å². The minimum absolute atomic E-state index is 0.0151. The van der Waals surface area contributed by atoms with Crippen molar-refractivity contribution < 1.29 is 14.6 Å². The smallest absolute Gasteiger partial charge is 0.409 e. The van der Waals surface area contributed by atoms with Gasteiger partial charge in [-0.3, -0.25) is 0 Å². The molecule has 1 aliphatic heterocycles. The van der Waals surface area contributed by atoms with Crippen molar-refractivity contribution in [3.63, 3.8) is 0 Å². The van der Waals surface area contributed by atoms with Crippen molar-refractivity contribution >= 4 is 6.09 Å². The highest BCUT2D eigenvalue weighted by molar-refractivity contribution is 5.68. The minimum atomic E-state index is -0.343. The zero-order valence-corrected chi connectivity index (χ0v) is 9.19. The molecule has 0 aromatic heterocycles. The first kappa shape index (κ1) is 10.7. The third-order valence-corrected chi connectivity index (χ3v) is 3.46. The number of amides is 1. The molecule has 2 unspecified atom stereocenters. The number of ether oxygens (including phenoxy) is 1. The molecule has 15 heavy (non-hydrogen) atoms. The van der Waals surface area contributed by atoms with E-state index in [4.69, 9.17) is 4.74 Å². The lowest BCUT2D eigenvalue weighted by molar-refractivity contribution is 0.0133.